The summed E-state index contributed by atoms with van der Waals surface area (Å²) in [5.74, 6) is -0.875. The summed E-state index contributed by atoms with van der Waals surface area (Å²) in [5, 5.41) is 12.2. The molecule has 0 radical (unpaired) electrons. The lowest BCUT2D eigenvalue weighted by molar-refractivity contribution is -0.142. The number of allylic oxidation sites excluding steroid dienone is 3. The fraction of sp³-hybridized carbons (Fsp3) is 0.357. The fourth-order valence-corrected chi connectivity index (χ4v) is 7.43. The average molecular weight is 510 g/mol. The maximum Gasteiger partial charge on any atom is 0.326 e. The molecular weight excluding hydrogens is 477 g/mol. The number of anilines is 1. The zero-order valence-electron chi connectivity index (χ0n) is 20.6. The van der Waals surface area contributed by atoms with Crippen molar-refractivity contribution in [3.8, 4) is 0 Å². The molecule has 3 N–H and O–H groups in total. The predicted molar refractivity (Wildman–Crippen MR) is 141 cm³/mol. The lowest BCUT2D eigenvalue weighted by Crippen LogP contribution is -2.43. The topological polar surface area (TPSA) is 81.7 Å². The molecule has 1 fully saturated rings. The van der Waals surface area contributed by atoms with Crippen LogP contribution in [0.5, 0.6) is 0 Å². The van der Waals surface area contributed by atoms with E-state index in [2.05, 4.69) is 16.8 Å². The molecule has 36 heavy (non-hydrogen) atoms. The van der Waals surface area contributed by atoms with E-state index in [0.29, 0.717) is 36.4 Å². The number of benzene rings is 2. The number of hydrogen-bond donors (Lipinski definition) is 3. The summed E-state index contributed by atoms with van der Waals surface area (Å²) < 4.78 is 15.8. The number of carbonyl (C=O) groups excluding carboxylic acids is 1. The maximum atomic E-state index is 15.1. The number of hydrogen-bond acceptors (Lipinski definition) is 4. The molecule has 2 atom stereocenters. The number of aliphatic carboxylic acids is 1. The zero-order valence-corrected chi connectivity index (χ0v) is 21.4. The first kappa shape index (κ1) is 24.6. The van der Waals surface area contributed by atoms with Crippen LogP contribution in [0, 0.1) is 12.8 Å². The highest BCUT2D eigenvalue weighted by atomic mass is 32.3. The summed E-state index contributed by atoms with van der Waals surface area (Å²) in [7, 11) is -1.74. The Hall–Kier alpha value is -3.10. The highest BCUT2D eigenvalue weighted by Gasteiger charge is 2.47. The lowest BCUT2D eigenvalue weighted by atomic mass is 9.81. The predicted octanol–water partition coefficient (Wildman–Crippen LogP) is 6.15. The second kappa shape index (κ2) is 9.75. The zero-order chi connectivity index (χ0) is 25.4. The monoisotopic (exact) mass is 509 g/mol. The molecule has 0 saturated heterocycles. The van der Waals surface area contributed by atoms with Gasteiger partial charge in [-0.2, -0.15) is 0 Å². The first-order chi connectivity index (χ1) is 17.3. The van der Waals surface area contributed by atoms with Crippen LogP contribution in [0.25, 0.3) is 5.57 Å². The molecule has 2 aromatic carbocycles. The van der Waals surface area contributed by atoms with Crippen molar-refractivity contribution in [3.63, 3.8) is 0 Å². The van der Waals surface area contributed by atoms with Gasteiger partial charge in [0.2, 0.25) is 5.91 Å². The van der Waals surface area contributed by atoms with Gasteiger partial charge in [-0.3, -0.25) is 10.2 Å². The van der Waals surface area contributed by atoms with Crippen LogP contribution in [0.15, 0.2) is 70.0 Å². The van der Waals surface area contributed by atoms with Gasteiger partial charge in [0, 0.05) is 15.4 Å². The highest BCUT2D eigenvalue weighted by Crippen LogP contribution is 2.78. The van der Waals surface area contributed by atoms with E-state index in [-0.39, 0.29) is 5.91 Å². The number of nitrogens with one attached hydrogen (secondary N) is 2. The first-order valence-corrected chi connectivity index (χ1v) is 14.4. The Morgan fingerprint density at radius 1 is 1.11 bits per heavy atom. The second-order valence-corrected chi connectivity index (χ2v) is 13.0. The van der Waals surface area contributed by atoms with Gasteiger partial charge in [-0.1, -0.05) is 59.8 Å². The van der Waals surface area contributed by atoms with Gasteiger partial charge in [-0.05, 0) is 84.0 Å². The summed E-state index contributed by atoms with van der Waals surface area (Å²) in [6.07, 6.45) is 10.6. The number of nitrogens with zero attached hydrogens (tertiary/aromatic N) is 1. The summed E-state index contributed by atoms with van der Waals surface area (Å²) in [5.41, 5.74) is 7.38. The number of fused-ring (bicyclic) bond motifs is 1. The van der Waals surface area contributed by atoms with Gasteiger partial charge >= 0.3 is 5.97 Å². The van der Waals surface area contributed by atoms with Crippen LogP contribution < -0.4 is 10.7 Å². The third-order valence-electron chi connectivity index (χ3n) is 7.55. The minimum absolute atomic E-state index is 0.299. The van der Waals surface area contributed by atoms with Crippen LogP contribution in [0.1, 0.15) is 49.7 Å². The number of amides is 1. The van der Waals surface area contributed by atoms with E-state index >= 15 is 4.48 Å². The maximum absolute atomic E-state index is 15.1. The molecule has 0 bridgehead atoms. The van der Waals surface area contributed by atoms with Crippen LogP contribution in [-0.2, 0) is 9.59 Å². The molecule has 8 heteroatoms. The van der Waals surface area contributed by atoms with Gasteiger partial charge in [0.15, 0.2) is 0 Å². The van der Waals surface area contributed by atoms with Crippen LogP contribution >= 0.6 is 10.2 Å². The van der Waals surface area contributed by atoms with Crippen molar-refractivity contribution in [2.75, 3.05) is 11.7 Å². The van der Waals surface area contributed by atoms with E-state index in [4.69, 9.17) is 0 Å². The summed E-state index contributed by atoms with van der Waals surface area (Å²) in [4.78, 5) is 26.4. The van der Waals surface area contributed by atoms with Crippen molar-refractivity contribution < 1.29 is 19.2 Å². The normalized spacial score (nSPS) is 23.3. The lowest BCUT2D eigenvalue weighted by Gasteiger charge is -2.28. The van der Waals surface area contributed by atoms with Gasteiger partial charge < -0.3 is 10.4 Å². The molecule has 0 aromatic heterocycles. The van der Waals surface area contributed by atoms with E-state index in [0.717, 1.165) is 50.4 Å². The summed E-state index contributed by atoms with van der Waals surface area (Å²) >= 11 is 0. The van der Waals surface area contributed by atoms with E-state index < -0.39 is 22.2 Å². The number of rotatable bonds is 9. The summed E-state index contributed by atoms with van der Waals surface area (Å²) in [6.45, 7) is 2.01. The van der Waals surface area contributed by atoms with E-state index in [1.807, 2.05) is 55.7 Å². The van der Waals surface area contributed by atoms with Gasteiger partial charge in [0.25, 0.3) is 0 Å². The van der Waals surface area contributed by atoms with Crippen molar-refractivity contribution in [1.82, 2.24) is 9.95 Å². The SMILES string of the molecule is Cc1ccc2c(c1)S2(C)N(F)Nc1ccc(C2=CC=C(C(=O)NC(CC3CCC3)C(=O)O)CC2)cc1. The van der Waals surface area contributed by atoms with Crippen molar-refractivity contribution in [3.05, 3.63) is 71.3 Å². The van der Waals surface area contributed by atoms with Crippen LogP contribution in [0.2, 0.25) is 0 Å². The molecule has 6 nitrogen and oxygen atoms in total. The minimum Gasteiger partial charge on any atom is -0.480 e. The molecule has 3 aliphatic rings. The van der Waals surface area contributed by atoms with E-state index in [9.17, 15) is 14.7 Å². The quantitative estimate of drug-likeness (QED) is 0.215. The molecule has 2 unspecified atom stereocenters. The number of carboxylic acids is 1. The highest BCUT2D eigenvalue weighted by molar-refractivity contribution is 8.36. The number of aryl methyl sites for hydroxylation is 1. The van der Waals surface area contributed by atoms with Crippen molar-refractivity contribution >= 4 is 33.4 Å². The molecule has 1 saturated carbocycles. The molecular formula is C28H32FN3O3S. The molecule has 0 spiro atoms. The third-order valence-corrected chi connectivity index (χ3v) is 10.5. The molecule has 190 valence electrons. The summed E-state index contributed by atoms with van der Waals surface area (Å²) in [6, 6.07) is 12.8. The molecule has 2 aliphatic carbocycles. The van der Waals surface area contributed by atoms with Crippen molar-refractivity contribution in [2.24, 2.45) is 5.92 Å². The number of hydrazine groups is 1. The van der Waals surface area contributed by atoms with Gasteiger partial charge in [0.05, 0.1) is 5.69 Å². The van der Waals surface area contributed by atoms with Crippen LogP contribution in [0.3, 0.4) is 0 Å². The second-order valence-electron chi connectivity index (χ2n) is 10.0. The van der Waals surface area contributed by atoms with E-state index in [1.165, 1.54) is 0 Å². The van der Waals surface area contributed by atoms with Crippen molar-refractivity contribution in [2.45, 2.75) is 61.3 Å². The Morgan fingerprint density at radius 3 is 2.44 bits per heavy atom. The Balaban J connectivity index is 1.19. The third kappa shape index (κ3) is 4.80. The largest absolute Gasteiger partial charge is 0.480 e. The van der Waals surface area contributed by atoms with E-state index in [1.54, 1.807) is 6.08 Å². The first-order valence-electron chi connectivity index (χ1n) is 12.4. The Bertz CT molecular complexity index is 1260. The van der Waals surface area contributed by atoms with Crippen molar-refractivity contribution in [1.29, 1.82) is 0 Å². The van der Waals surface area contributed by atoms with Crippen LogP contribution in [0.4, 0.5) is 10.2 Å². The number of carboxylic acid groups (broad SMARTS) is 1. The molecule has 1 aliphatic heterocycles. The molecule has 2 aromatic rings. The molecule has 1 heterocycles. The smallest absolute Gasteiger partial charge is 0.326 e. The van der Waals surface area contributed by atoms with Gasteiger partial charge in [-0.25, -0.2) is 4.79 Å². The Labute approximate surface area is 212 Å². The molecule has 5 rings (SSSR count). The minimum atomic E-state index is -1.74. The average Bonchev–Trinajstić information content (AvgIpc) is 3.45. The number of carbonyl (C=O) groups is 2. The van der Waals surface area contributed by atoms with Crippen LogP contribution in [-0.4, -0.2) is 33.9 Å². The Kier molecular flexibility index (Phi) is 6.66. The Morgan fingerprint density at radius 2 is 1.86 bits per heavy atom. The van der Waals surface area contributed by atoms with Gasteiger partial charge in [0.1, 0.15) is 6.04 Å². The van der Waals surface area contributed by atoms with Gasteiger partial charge in [-0.15, -0.1) is 4.48 Å². The number of halogens is 1. The fourth-order valence-electron chi connectivity index (χ4n) is 4.91. The molecule has 1 amide bonds. The standard InChI is InChI=1S/C28H32FN3O3S/c1-18-6-15-25-26(16-18)36(25,2)32(29)31-23-13-11-21(12-14-23)20-7-9-22(10-8-20)27(33)30-24(28(34)35)17-19-4-3-5-19/h6-7,9,11-16,19,24,31H,3-5,8,10,17H2,1-2H3,(H,30,33)(H,34,35).